The summed E-state index contributed by atoms with van der Waals surface area (Å²) in [5.74, 6) is -0.796. The molecular weight excluding hydrogens is 194 g/mol. The van der Waals surface area contributed by atoms with Gasteiger partial charge in [0.25, 0.3) is 0 Å². The average Bonchev–Trinajstić information content (AvgIpc) is 2.10. The molecule has 0 amide bonds. The van der Waals surface area contributed by atoms with Crippen molar-refractivity contribution in [1.82, 2.24) is 4.90 Å². The maximum Gasteiger partial charge on any atom is 0.308 e. The Labute approximate surface area is 90.2 Å². The second kappa shape index (κ2) is 4.10. The number of carboxylic acids is 1. The van der Waals surface area contributed by atoms with Crippen LogP contribution in [-0.4, -0.2) is 47.3 Å². The Morgan fingerprint density at radius 3 is 2.67 bits per heavy atom. The van der Waals surface area contributed by atoms with Crippen molar-refractivity contribution in [2.24, 2.45) is 5.92 Å². The molecule has 0 spiro atoms. The van der Waals surface area contributed by atoms with Crippen molar-refractivity contribution in [1.29, 1.82) is 0 Å². The predicted octanol–water partition coefficient (Wildman–Crippen LogP) is 0.959. The summed E-state index contributed by atoms with van der Waals surface area (Å²) in [6.07, 6.45) is 2.07. The quantitative estimate of drug-likeness (QED) is 0.742. The summed E-state index contributed by atoms with van der Waals surface area (Å²) in [5, 5.41) is 9.03. The third kappa shape index (κ3) is 1.88. The molecule has 1 N–H and O–H groups in total. The zero-order valence-corrected chi connectivity index (χ0v) is 9.35. The van der Waals surface area contributed by atoms with Gasteiger partial charge in [-0.3, -0.25) is 9.69 Å². The minimum absolute atomic E-state index is 0.155. The Morgan fingerprint density at radius 1 is 1.40 bits per heavy atom. The highest BCUT2D eigenvalue weighted by atomic mass is 16.5. The molecule has 0 aromatic heterocycles. The lowest BCUT2D eigenvalue weighted by molar-refractivity contribution is -0.155. The molecule has 2 aliphatic rings. The number of carboxylic acid groups (broad SMARTS) is 1. The monoisotopic (exact) mass is 213 g/mol. The van der Waals surface area contributed by atoms with Crippen LogP contribution in [0.1, 0.15) is 26.7 Å². The number of hydrogen-bond donors (Lipinski definition) is 1. The van der Waals surface area contributed by atoms with Gasteiger partial charge >= 0.3 is 5.97 Å². The van der Waals surface area contributed by atoms with Gasteiger partial charge in [0, 0.05) is 18.6 Å². The van der Waals surface area contributed by atoms with Gasteiger partial charge in [-0.15, -0.1) is 0 Å². The van der Waals surface area contributed by atoms with Crippen molar-refractivity contribution in [3.8, 4) is 0 Å². The number of morpholine rings is 1. The fourth-order valence-electron chi connectivity index (χ4n) is 2.59. The lowest BCUT2D eigenvalue weighted by Gasteiger charge is -2.48. The number of nitrogens with zero attached hydrogens (tertiary/aromatic N) is 1. The normalized spacial score (nSPS) is 42.3. The molecular formula is C11H19NO3. The van der Waals surface area contributed by atoms with Gasteiger partial charge in [0.1, 0.15) is 0 Å². The van der Waals surface area contributed by atoms with E-state index >= 15 is 0 Å². The Bertz CT molecular complexity index is 256. The van der Waals surface area contributed by atoms with E-state index in [9.17, 15) is 4.79 Å². The van der Waals surface area contributed by atoms with Crippen molar-refractivity contribution < 1.29 is 14.6 Å². The summed E-state index contributed by atoms with van der Waals surface area (Å²) in [6, 6.07) is 0.578. The molecule has 1 heterocycles. The fraction of sp³-hybridized carbons (Fsp3) is 0.909. The zero-order valence-electron chi connectivity index (χ0n) is 9.35. The van der Waals surface area contributed by atoms with Crippen LogP contribution in [0.25, 0.3) is 0 Å². The first-order valence-electron chi connectivity index (χ1n) is 5.71. The van der Waals surface area contributed by atoms with Crippen LogP contribution in [0.3, 0.4) is 0 Å². The average molecular weight is 213 g/mol. The molecule has 4 heteroatoms. The third-order valence-corrected chi connectivity index (χ3v) is 3.91. The van der Waals surface area contributed by atoms with Crippen LogP contribution in [0, 0.1) is 5.92 Å². The molecule has 1 saturated carbocycles. The molecule has 0 radical (unpaired) electrons. The van der Waals surface area contributed by atoms with Crippen LogP contribution in [-0.2, 0) is 9.53 Å². The molecule has 1 saturated heterocycles. The molecule has 0 bridgehead atoms. The summed E-state index contributed by atoms with van der Waals surface area (Å²) in [6.45, 7) is 5.79. The van der Waals surface area contributed by atoms with Gasteiger partial charge in [-0.2, -0.15) is 0 Å². The number of hydrogen-bond acceptors (Lipinski definition) is 3. The van der Waals surface area contributed by atoms with E-state index in [0.29, 0.717) is 6.04 Å². The number of carbonyl (C=O) groups is 1. The van der Waals surface area contributed by atoms with E-state index < -0.39 is 5.97 Å². The van der Waals surface area contributed by atoms with Gasteiger partial charge in [0.2, 0.25) is 0 Å². The van der Waals surface area contributed by atoms with Crippen LogP contribution in [0.15, 0.2) is 0 Å². The first-order chi connectivity index (χ1) is 7.11. The minimum Gasteiger partial charge on any atom is -0.481 e. The molecule has 0 aromatic rings. The van der Waals surface area contributed by atoms with Gasteiger partial charge in [-0.1, -0.05) is 0 Å². The predicted molar refractivity (Wildman–Crippen MR) is 55.7 cm³/mol. The summed E-state index contributed by atoms with van der Waals surface area (Å²) < 4.78 is 5.55. The van der Waals surface area contributed by atoms with Gasteiger partial charge in [0.15, 0.2) is 0 Å². The maximum atomic E-state index is 11.0. The number of rotatable bonds is 2. The van der Waals surface area contributed by atoms with Gasteiger partial charge in [-0.05, 0) is 26.7 Å². The van der Waals surface area contributed by atoms with E-state index in [2.05, 4.69) is 18.7 Å². The Kier molecular flexibility index (Phi) is 2.98. The smallest absolute Gasteiger partial charge is 0.308 e. The molecule has 2 fully saturated rings. The second-order valence-electron chi connectivity index (χ2n) is 4.64. The highest BCUT2D eigenvalue weighted by Crippen LogP contribution is 2.35. The Balaban J connectivity index is 2.00. The first-order valence-corrected chi connectivity index (χ1v) is 5.71. The third-order valence-electron chi connectivity index (χ3n) is 3.91. The zero-order chi connectivity index (χ0) is 11.0. The van der Waals surface area contributed by atoms with E-state index in [1.807, 2.05) is 0 Å². The SMILES string of the molecule is CC1OCCN(C2CCC2C(=O)O)C1C. The molecule has 2 rings (SSSR count). The van der Waals surface area contributed by atoms with E-state index in [1.165, 1.54) is 0 Å². The number of aliphatic carboxylic acids is 1. The van der Waals surface area contributed by atoms with Crippen molar-refractivity contribution >= 4 is 5.97 Å². The van der Waals surface area contributed by atoms with E-state index in [4.69, 9.17) is 9.84 Å². The first kappa shape index (κ1) is 10.9. The van der Waals surface area contributed by atoms with E-state index in [1.54, 1.807) is 0 Å². The standard InChI is InChI=1S/C11H19NO3/c1-7-8(2)15-6-5-12(7)10-4-3-9(10)11(13)14/h7-10H,3-6H2,1-2H3,(H,13,14). The molecule has 4 atom stereocenters. The highest BCUT2D eigenvalue weighted by molar-refractivity contribution is 5.72. The molecule has 4 unspecified atom stereocenters. The van der Waals surface area contributed by atoms with Crippen LogP contribution < -0.4 is 0 Å². The minimum atomic E-state index is -0.641. The van der Waals surface area contributed by atoms with Crippen LogP contribution in [0.2, 0.25) is 0 Å². The van der Waals surface area contributed by atoms with E-state index in [0.717, 1.165) is 26.0 Å². The second-order valence-corrected chi connectivity index (χ2v) is 4.64. The topological polar surface area (TPSA) is 49.8 Å². The van der Waals surface area contributed by atoms with Gasteiger partial charge in [0.05, 0.1) is 18.6 Å². The summed E-state index contributed by atoms with van der Waals surface area (Å²) in [7, 11) is 0. The van der Waals surface area contributed by atoms with Crippen LogP contribution in [0.5, 0.6) is 0 Å². The Morgan fingerprint density at radius 2 is 2.13 bits per heavy atom. The molecule has 0 aromatic carbocycles. The number of ether oxygens (including phenoxy) is 1. The van der Waals surface area contributed by atoms with Crippen molar-refractivity contribution in [2.75, 3.05) is 13.2 Å². The molecule has 4 nitrogen and oxygen atoms in total. The fourth-order valence-corrected chi connectivity index (χ4v) is 2.59. The maximum absolute atomic E-state index is 11.0. The van der Waals surface area contributed by atoms with Gasteiger partial charge < -0.3 is 9.84 Å². The summed E-state index contributed by atoms with van der Waals surface area (Å²) in [5.41, 5.74) is 0. The van der Waals surface area contributed by atoms with Gasteiger partial charge in [-0.25, -0.2) is 0 Å². The molecule has 1 aliphatic heterocycles. The Hall–Kier alpha value is -0.610. The van der Waals surface area contributed by atoms with Crippen molar-refractivity contribution in [3.63, 3.8) is 0 Å². The summed E-state index contributed by atoms with van der Waals surface area (Å²) >= 11 is 0. The van der Waals surface area contributed by atoms with Crippen molar-refractivity contribution in [3.05, 3.63) is 0 Å². The van der Waals surface area contributed by atoms with Crippen LogP contribution in [0.4, 0.5) is 0 Å². The van der Waals surface area contributed by atoms with Crippen LogP contribution >= 0.6 is 0 Å². The van der Waals surface area contributed by atoms with E-state index in [-0.39, 0.29) is 18.1 Å². The lowest BCUT2D eigenvalue weighted by Crippen LogP contribution is -2.59. The summed E-state index contributed by atoms with van der Waals surface area (Å²) in [4.78, 5) is 13.3. The molecule has 15 heavy (non-hydrogen) atoms. The lowest BCUT2D eigenvalue weighted by atomic mass is 9.77. The molecule has 1 aliphatic carbocycles. The largest absolute Gasteiger partial charge is 0.481 e. The highest BCUT2D eigenvalue weighted by Gasteiger charge is 2.43. The van der Waals surface area contributed by atoms with Crippen molar-refractivity contribution in [2.45, 2.75) is 44.9 Å². The molecule has 86 valence electrons.